The van der Waals surface area contributed by atoms with Crippen LogP contribution in [0, 0.1) is 5.92 Å². The molecule has 0 aliphatic carbocycles. The van der Waals surface area contributed by atoms with Gasteiger partial charge in [0.15, 0.2) is 11.9 Å². The molecule has 0 radical (unpaired) electrons. The number of guanidine groups is 2. The minimum atomic E-state index is -1.70. The number of carboxylic acid groups (broad SMARTS) is 1. The Labute approximate surface area is 299 Å². The molecule has 0 heterocycles. The van der Waals surface area contributed by atoms with Gasteiger partial charge in [-0.2, -0.15) is 0 Å². The molecule has 0 aromatic carbocycles. The maximum atomic E-state index is 13.3. The third kappa shape index (κ3) is 18.1. The molecular weight excluding hydrogens is 694 g/mol. The fraction of sp³-hybridized carbons (Fsp3) is 0.679. The quantitative estimate of drug-likeness (QED) is 0.0234. The first-order valence-corrected chi connectivity index (χ1v) is 16.1. The van der Waals surface area contributed by atoms with Crippen molar-refractivity contribution >= 4 is 53.3 Å². The van der Waals surface area contributed by atoms with Crippen LogP contribution in [0.1, 0.15) is 39.5 Å². The monoisotopic (exact) mass is 747 g/mol. The lowest BCUT2D eigenvalue weighted by atomic mass is 10.0. The van der Waals surface area contributed by atoms with Crippen LogP contribution in [0.15, 0.2) is 9.98 Å². The normalized spacial score (nSPS) is 14.2. The highest BCUT2D eigenvalue weighted by Gasteiger charge is 2.34. The molecule has 0 saturated carbocycles. The van der Waals surface area contributed by atoms with Gasteiger partial charge in [-0.3, -0.25) is 38.8 Å². The number of rotatable bonds is 25. The Morgan fingerprint density at radius 2 is 0.923 bits per heavy atom. The van der Waals surface area contributed by atoms with Crippen molar-refractivity contribution in [2.75, 3.05) is 39.5 Å². The van der Waals surface area contributed by atoms with E-state index >= 15 is 0 Å². The summed E-state index contributed by atoms with van der Waals surface area (Å²) in [5.41, 5.74) is 26.5. The van der Waals surface area contributed by atoms with Crippen molar-refractivity contribution in [1.82, 2.24) is 31.9 Å². The highest BCUT2D eigenvalue weighted by Crippen LogP contribution is 2.06. The molecule has 0 aromatic heterocycles. The van der Waals surface area contributed by atoms with Crippen molar-refractivity contribution in [2.24, 2.45) is 44.6 Å². The zero-order chi connectivity index (χ0) is 40.0. The van der Waals surface area contributed by atoms with Gasteiger partial charge in [-0.25, -0.2) is 4.79 Å². The Bertz CT molecular complexity index is 1270. The molecule has 0 bridgehead atoms. The average molecular weight is 748 g/mol. The summed E-state index contributed by atoms with van der Waals surface area (Å²) in [7, 11) is 0. The first-order valence-electron chi connectivity index (χ1n) is 16.1. The summed E-state index contributed by atoms with van der Waals surface area (Å²) in [5, 5.41) is 52.0. The second kappa shape index (κ2) is 24.8. The van der Waals surface area contributed by atoms with Gasteiger partial charge in [-0.1, -0.05) is 13.8 Å². The van der Waals surface area contributed by atoms with E-state index in [0.717, 1.165) is 0 Å². The lowest BCUT2D eigenvalue weighted by Crippen LogP contribution is -2.61. The van der Waals surface area contributed by atoms with Crippen LogP contribution < -0.4 is 60.6 Å². The lowest BCUT2D eigenvalue weighted by Gasteiger charge is -2.28. The Morgan fingerprint density at radius 3 is 1.31 bits per heavy atom. The van der Waals surface area contributed by atoms with Gasteiger partial charge >= 0.3 is 5.97 Å². The molecular formula is C28H53N13O11. The van der Waals surface area contributed by atoms with Gasteiger partial charge in [0.05, 0.1) is 26.4 Å². The van der Waals surface area contributed by atoms with Crippen molar-refractivity contribution < 1.29 is 54.0 Å². The molecule has 20 N–H and O–H groups in total. The van der Waals surface area contributed by atoms with Crippen molar-refractivity contribution in [3.8, 4) is 0 Å². The molecule has 0 fully saturated rings. The van der Waals surface area contributed by atoms with Gasteiger partial charge in [-0.05, 0) is 31.6 Å². The number of aliphatic hydroxyl groups excluding tert-OH is 3. The van der Waals surface area contributed by atoms with Crippen LogP contribution in [-0.4, -0.2) is 149 Å². The minimum absolute atomic E-state index is 0.0239. The van der Waals surface area contributed by atoms with E-state index in [9.17, 15) is 54.0 Å². The number of nitrogens with zero attached hydrogens (tertiary/aromatic N) is 2. The van der Waals surface area contributed by atoms with Crippen molar-refractivity contribution in [3.05, 3.63) is 0 Å². The number of aliphatic hydroxyl groups is 3. The molecule has 0 spiro atoms. The molecule has 296 valence electrons. The Kier molecular flexibility index (Phi) is 22.2. The van der Waals surface area contributed by atoms with Crippen molar-refractivity contribution in [3.63, 3.8) is 0 Å². The van der Waals surface area contributed by atoms with Gasteiger partial charge in [0, 0.05) is 13.1 Å². The van der Waals surface area contributed by atoms with E-state index in [1.165, 1.54) is 13.8 Å². The van der Waals surface area contributed by atoms with E-state index in [-0.39, 0.29) is 50.7 Å². The van der Waals surface area contributed by atoms with Crippen LogP contribution in [0.5, 0.6) is 0 Å². The van der Waals surface area contributed by atoms with Crippen LogP contribution >= 0.6 is 0 Å². The van der Waals surface area contributed by atoms with Gasteiger partial charge in [0.1, 0.15) is 36.3 Å². The number of aliphatic carboxylic acids is 1. The highest BCUT2D eigenvalue weighted by atomic mass is 16.4. The smallest absolute Gasteiger partial charge is 0.328 e. The Balaban J connectivity index is 5.82. The van der Waals surface area contributed by atoms with E-state index in [2.05, 4.69) is 41.9 Å². The molecule has 0 unspecified atom stereocenters. The first-order chi connectivity index (χ1) is 24.4. The SMILES string of the molecule is CC(C)[C@H](NC(=O)[C@H](CO)NC(=O)[C@H](CCCN=C(N)N)NC(=O)CN)C(=O)N[C@@H](CO)C(=O)N[C@@H](CCCN=C(N)N)C(=O)N[C@@H](CO)C(=O)O. The standard InChI is InChI=1S/C28H53N13O11/c1-13(2)20(41-24(49)17(11-43)38-21(46)14(36-19(45)9-29)5-3-7-34-27(30)31)25(50)39-16(10-42)23(48)37-15(6-4-8-35-28(32)33)22(47)40-18(12-44)26(51)52/h13-18,20,42-44H,3-12,29H2,1-2H3,(H,36,45)(H,37,48)(H,38,46)(H,39,50)(H,40,47)(H,41,49)(H,51,52)(H4,30,31,34)(H4,32,33,35)/t14-,15-,16-,17-,18-,20-/m0/s1. The fourth-order valence-electron chi connectivity index (χ4n) is 4.24. The van der Waals surface area contributed by atoms with Gasteiger partial charge in [0.25, 0.3) is 0 Å². The molecule has 0 aromatic rings. The second-order valence-corrected chi connectivity index (χ2v) is 11.6. The van der Waals surface area contributed by atoms with Crippen LogP contribution in [-0.2, 0) is 33.6 Å². The number of hydrogen-bond donors (Lipinski definition) is 15. The van der Waals surface area contributed by atoms with Gasteiger partial charge < -0.3 is 81.0 Å². The predicted octanol–water partition coefficient (Wildman–Crippen LogP) is -8.32. The maximum Gasteiger partial charge on any atom is 0.328 e. The van der Waals surface area contributed by atoms with E-state index in [0.29, 0.717) is 0 Å². The Morgan fingerprint density at radius 1 is 0.558 bits per heavy atom. The number of carboxylic acids is 1. The van der Waals surface area contributed by atoms with Crippen LogP contribution in [0.2, 0.25) is 0 Å². The summed E-state index contributed by atoms with van der Waals surface area (Å²) in [6.45, 7) is -0.118. The molecule has 6 atom stereocenters. The third-order valence-electron chi connectivity index (χ3n) is 7.04. The predicted molar refractivity (Wildman–Crippen MR) is 184 cm³/mol. The third-order valence-corrected chi connectivity index (χ3v) is 7.04. The summed E-state index contributed by atoms with van der Waals surface area (Å²) < 4.78 is 0. The summed E-state index contributed by atoms with van der Waals surface area (Å²) in [6.07, 6.45) is 0.243. The number of aliphatic imine (C=N–C) groups is 2. The number of nitrogens with one attached hydrogen (secondary N) is 6. The molecule has 0 aliphatic heterocycles. The lowest BCUT2D eigenvalue weighted by molar-refractivity contribution is -0.143. The molecule has 24 nitrogen and oxygen atoms in total. The average Bonchev–Trinajstić information content (AvgIpc) is 3.08. The summed E-state index contributed by atoms with van der Waals surface area (Å²) >= 11 is 0. The van der Waals surface area contributed by atoms with E-state index in [1.54, 1.807) is 0 Å². The molecule has 24 heteroatoms. The minimum Gasteiger partial charge on any atom is -0.480 e. The van der Waals surface area contributed by atoms with Gasteiger partial charge in [0.2, 0.25) is 35.4 Å². The summed E-state index contributed by atoms with van der Waals surface area (Å²) in [4.78, 5) is 96.1. The van der Waals surface area contributed by atoms with E-state index < -0.39 is 110 Å². The number of hydrogen-bond acceptors (Lipinski definition) is 13. The molecule has 52 heavy (non-hydrogen) atoms. The summed E-state index contributed by atoms with van der Waals surface area (Å²) in [6, 6.07) is -9.03. The number of carbonyl (C=O) groups excluding carboxylic acids is 6. The Hall–Kier alpha value is -5.33. The van der Waals surface area contributed by atoms with Crippen molar-refractivity contribution in [2.45, 2.75) is 75.8 Å². The molecule has 6 amide bonds. The van der Waals surface area contributed by atoms with Crippen molar-refractivity contribution in [1.29, 1.82) is 0 Å². The molecule has 0 saturated heterocycles. The largest absolute Gasteiger partial charge is 0.480 e. The zero-order valence-electron chi connectivity index (χ0n) is 29.0. The fourth-order valence-corrected chi connectivity index (χ4v) is 4.24. The second-order valence-electron chi connectivity index (χ2n) is 11.6. The van der Waals surface area contributed by atoms with Crippen LogP contribution in [0.25, 0.3) is 0 Å². The van der Waals surface area contributed by atoms with Crippen LogP contribution in [0.4, 0.5) is 0 Å². The van der Waals surface area contributed by atoms with E-state index in [4.69, 9.17) is 28.7 Å². The number of nitrogens with two attached hydrogens (primary N) is 5. The van der Waals surface area contributed by atoms with E-state index in [1.807, 2.05) is 0 Å². The topological polar surface area (TPSA) is 427 Å². The highest BCUT2D eigenvalue weighted by molar-refractivity contribution is 5.97. The van der Waals surface area contributed by atoms with Crippen LogP contribution in [0.3, 0.4) is 0 Å². The molecule has 0 aliphatic rings. The molecule has 0 rings (SSSR count). The number of carbonyl (C=O) groups is 7. The maximum absolute atomic E-state index is 13.3. The summed E-state index contributed by atoms with van der Waals surface area (Å²) in [5.74, 6) is -8.27. The first kappa shape index (κ1) is 46.7. The number of amides is 6. The van der Waals surface area contributed by atoms with Gasteiger partial charge in [-0.15, -0.1) is 0 Å². The zero-order valence-corrected chi connectivity index (χ0v) is 29.0.